The maximum atomic E-state index is 13.6. The molecular weight excluding hydrogens is 312 g/mol. The van der Waals surface area contributed by atoms with E-state index in [2.05, 4.69) is 39.1 Å². The number of benzene rings is 1. The Balaban J connectivity index is 1.72. The third-order valence-electron chi connectivity index (χ3n) is 5.46. The number of hydrogen-bond donors (Lipinski definition) is 0. The first-order valence-electron chi connectivity index (χ1n) is 9.15. The third-order valence-corrected chi connectivity index (χ3v) is 5.46. The van der Waals surface area contributed by atoms with Crippen molar-refractivity contribution in [3.63, 3.8) is 0 Å². The zero-order valence-electron chi connectivity index (χ0n) is 14.5. The highest BCUT2D eigenvalue weighted by Gasteiger charge is 2.52. The van der Waals surface area contributed by atoms with Gasteiger partial charge in [0.15, 0.2) is 0 Å². The Morgan fingerprint density at radius 3 is 2.56 bits per heavy atom. The van der Waals surface area contributed by atoms with Crippen molar-refractivity contribution in [1.29, 1.82) is 0 Å². The second-order valence-corrected chi connectivity index (χ2v) is 6.96. The average Bonchev–Trinajstić information content (AvgIpc) is 3.33. The number of amides is 1. The van der Waals surface area contributed by atoms with Crippen LogP contribution in [0.5, 0.6) is 0 Å². The molecule has 2 aliphatic heterocycles. The molecule has 1 aromatic carbocycles. The van der Waals surface area contributed by atoms with Crippen molar-refractivity contribution < 1.29 is 4.79 Å². The van der Waals surface area contributed by atoms with Crippen molar-refractivity contribution in [1.82, 2.24) is 19.8 Å². The van der Waals surface area contributed by atoms with Crippen LogP contribution >= 0.6 is 0 Å². The summed E-state index contributed by atoms with van der Waals surface area (Å²) in [5.74, 6) is 0.207. The minimum atomic E-state index is -0.672. The van der Waals surface area contributed by atoms with Gasteiger partial charge in [-0.3, -0.25) is 19.7 Å². The van der Waals surface area contributed by atoms with Crippen molar-refractivity contribution in [3.05, 3.63) is 60.2 Å². The zero-order chi connectivity index (χ0) is 17.1. The van der Waals surface area contributed by atoms with Crippen LogP contribution in [0.25, 0.3) is 0 Å². The van der Waals surface area contributed by atoms with Crippen molar-refractivity contribution >= 4 is 5.91 Å². The molecule has 0 radical (unpaired) electrons. The lowest BCUT2D eigenvalue weighted by atomic mass is 9.89. The van der Waals surface area contributed by atoms with E-state index in [9.17, 15) is 4.79 Å². The van der Waals surface area contributed by atoms with Crippen molar-refractivity contribution in [3.8, 4) is 0 Å². The van der Waals surface area contributed by atoms with E-state index in [0.29, 0.717) is 0 Å². The molecule has 5 nitrogen and oxygen atoms in total. The van der Waals surface area contributed by atoms with E-state index in [1.807, 2.05) is 11.0 Å². The lowest BCUT2D eigenvalue weighted by Gasteiger charge is -2.39. The summed E-state index contributed by atoms with van der Waals surface area (Å²) in [5, 5.41) is 0. The molecule has 1 amide bonds. The van der Waals surface area contributed by atoms with Gasteiger partial charge in [-0.05, 0) is 37.8 Å². The van der Waals surface area contributed by atoms with Crippen LogP contribution in [-0.2, 0) is 16.9 Å². The molecule has 2 aliphatic rings. The molecule has 2 aromatic rings. The highest BCUT2D eigenvalue weighted by Crippen LogP contribution is 2.41. The lowest BCUT2D eigenvalue weighted by molar-refractivity contribution is -0.143. The molecule has 1 unspecified atom stereocenters. The Hall–Kier alpha value is -2.27. The fourth-order valence-electron chi connectivity index (χ4n) is 4.23. The number of rotatable bonds is 4. The molecule has 130 valence electrons. The van der Waals surface area contributed by atoms with Crippen LogP contribution in [0.3, 0.4) is 0 Å². The summed E-state index contributed by atoms with van der Waals surface area (Å²) in [4.78, 5) is 26.8. The van der Waals surface area contributed by atoms with E-state index in [1.165, 1.54) is 5.56 Å². The number of carbonyl (C=O) groups is 1. The number of likely N-dealkylation sites (tertiary alicyclic amines) is 2. The molecule has 0 N–H and O–H groups in total. The van der Waals surface area contributed by atoms with Gasteiger partial charge < -0.3 is 4.90 Å². The molecule has 0 spiro atoms. The first kappa shape index (κ1) is 16.2. The van der Waals surface area contributed by atoms with Crippen LogP contribution in [0.15, 0.2) is 48.9 Å². The summed E-state index contributed by atoms with van der Waals surface area (Å²) in [5.41, 5.74) is 1.35. The lowest BCUT2D eigenvalue weighted by Crippen LogP contribution is -2.54. The van der Waals surface area contributed by atoms with Crippen molar-refractivity contribution in [2.75, 3.05) is 19.6 Å². The minimum absolute atomic E-state index is 0.207. The largest absolute Gasteiger partial charge is 0.341 e. The molecule has 0 saturated carbocycles. The molecular formula is C20H24N4O. The van der Waals surface area contributed by atoms with Gasteiger partial charge in [-0.1, -0.05) is 30.3 Å². The molecule has 5 heteroatoms. The maximum Gasteiger partial charge on any atom is 0.249 e. The Kier molecular flexibility index (Phi) is 4.49. The maximum absolute atomic E-state index is 13.6. The van der Waals surface area contributed by atoms with Crippen LogP contribution in [0, 0.1) is 0 Å². The van der Waals surface area contributed by atoms with Crippen LogP contribution in [0.2, 0.25) is 0 Å². The monoisotopic (exact) mass is 336 g/mol. The molecule has 4 rings (SSSR count). The van der Waals surface area contributed by atoms with Crippen LogP contribution in [0.4, 0.5) is 0 Å². The standard InChI is InChI=1S/C20H24N4O/c25-19(23-12-4-5-13-23)20(18-15-21-10-11-22-18)9-6-14-24(20)16-17-7-2-1-3-8-17/h1-3,7-8,10-11,15H,4-6,9,12-14,16H2. The third kappa shape index (κ3) is 2.93. The van der Waals surface area contributed by atoms with Gasteiger partial charge in [-0.25, -0.2) is 0 Å². The van der Waals surface area contributed by atoms with Gasteiger partial charge in [0.05, 0.1) is 11.9 Å². The van der Waals surface area contributed by atoms with Crippen molar-refractivity contribution in [2.24, 2.45) is 0 Å². The van der Waals surface area contributed by atoms with Gasteiger partial charge in [0.1, 0.15) is 5.54 Å². The zero-order valence-corrected chi connectivity index (χ0v) is 14.5. The molecule has 1 atom stereocenters. The Morgan fingerprint density at radius 1 is 1.04 bits per heavy atom. The van der Waals surface area contributed by atoms with E-state index in [4.69, 9.17) is 0 Å². The van der Waals surface area contributed by atoms with E-state index in [-0.39, 0.29) is 5.91 Å². The summed E-state index contributed by atoms with van der Waals surface area (Å²) in [6, 6.07) is 10.4. The van der Waals surface area contributed by atoms with Gasteiger partial charge in [0, 0.05) is 32.0 Å². The van der Waals surface area contributed by atoms with E-state index < -0.39 is 5.54 Å². The molecule has 2 fully saturated rings. The summed E-state index contributed by atoms with van der Waals surface area (Å²) in [7, 11) is 0. The molecule has 0 bridgehead atoms. The van der Waals surface area contributed by atoms with Crippen molar-refractivity contribution in [2.45, 2.75) is 37.8 Å². The van der Waals surface area contributed by atoms with E-state index in [1.54, 1.807) is 18.6 Å². The van der Waals surface area contributed by atoms with E-state index in [0.717, 1.165) is 57.6 Å². The van der Waals surface area contributed by atoms with Gasteiger partial charge in [0.25, 0.3) is 0 Å². The topological polar surface area (TPSA) is 49.3 Å². The molecule has 25 heavy (non-hydrogen) atoms. The number of nitrogens with zero attached hydrogens (tertiary/aromatic N) is 4. The molecule has 3 heterocycles. The van der Waals surface area contributed by atoms with Crippen LogP contribution < -0.4 is 0 Å². The first-order chi connectivity index (χ1) is 12.3. The second-order valence-electron chi connectivity index (χ2n) is 6.96. The average molecular weight is 336 g/mol. The van der Waals surface area contributed by atoms with Gasteiger partial charge in [0.2, 0.25) is 5.91 Å². The summed E-state index contributed by atoms with van der Waals surface area (Å²) in [6.07, 6.45) is 9.16. The highest BCUT2D eigenvalue weighted by atomic mass is 16.2. The normalized spacial score (nSPS) is 23.9. The Morgan fingerprint density at radius 2 is 1.84 bits per heavy atom. The minimum Gasteiger partial charge on any atom is -0.341 e. The smallest absolute Gasteiger partial charge is 0.249 e. The SMILES string of the molecule is O=C(N1CCCC1)C1(c2cnccn2)CCCN1Cc1ccccc1. The Labute approximate surface area is 148 Å². The fraction of sp³-hybridized carbons (Fsp3) is 0.450. The van der Waals surface area contributed by atoms with Crippen LogP contribution in [-0.4, -0.2) is 45.3 Å². The number of hydrogen-bond acceptors (Lipinski definition) is 4. The highest BCUT2D eigenvalue weighted by molar-refractivity contribution is 5.87. The second kappa shape index (κ2) is 6.92. The van der Waals surface area contributed by atoms with Crippen LogP contribution in [0.1, 0.15) is 36.9 Å². The van der Waals surface area contributed by atoms with E-state index >= 15 is 0 Å². The number of aromatic nitrogens is 2. The molecule has 2 saturated heterocycles. The van der Waals surface area contributed by atoms with Gasteiger partial charge in [-0.15, -0.1) is 0 Å². The Bertz CT molecular complexity index is 715. The first-order valence-corrected chi connectivity index (χ1v) is 9.15. The summed E-state index contributed by atoms with van der Waals surface area (Å²) >= 11 is 0. The fourth-order valence-corrected chi connectivity index (χ4v) is 4.23. The predicted molar refractivity (Wildman–Crippen MR) is 95.6 cm³/mol. The molecule has 0 aliphatic carbocycles. The predicted octanol–water partition coefficient (Wildman–Crippen LogP) is 2.59. The summed E-state index contributed by atoms with van der Waals surface area (Å²) < 4.78 is 0. The van der Waals surface area contributed by atoms with Gasteiger partial charge in [-0.2, -0.15) is 0 Å². The van der Waals surface area contributed by atoms with Gasteiger partial charge >= 0.3 is 0 Å². The number of carbonyl (C=O) groups excluding carboxylic acids is 1. The summed E-state index contributed by atoms with van der Waals surface area (Å²) in [6.45, 7) is 3.39. The molecule has 1 aromatic heterocycles. The quantitative estimate of drug-likeness (QED) is 0.861.